The fraction of sp³-hybridized carbons (Fsp3) is 0.727. The van der Waals surface area contributed by atoms with E-state index < -0.39 is 0 Å². The van der Waals surface area contributed by atoms with Gasteiger partial charge in [0.05, 0.1) is 18.6 Å². The van der Waals surface area contributed by atoms with E-state index >= 15 is 0 Å². The van der Waals surface area contributed by atoms with E-state index in [1.54, 1.807) is 13.4 Å². The number of aromatic nitrogens is 2. The molecule has 1 N–H and O–H groups in total. The number of likely N-dealkylation sites (tertiary alicyclic amines) is 1. The van der Waals surface area contributed by atoms with Gasteiger partial charge < -0.3 is 9.72 Å². The van der Waals surface area contributed by atoms with Crippen LogP contribution in [-0.2, 0) is 11.2 Å². The molecular weight excluding hydrogens is 190 g/mol. The van der Waals surface area contributed by atoms with E-state index in [1.165, 1.54) is 25.9 Å². The molecule has 4 nitrogen and oxygen atoms in total. The summed E-state index contributed by atoms with van der Waals surface area (Å²) in [7, 11) is 1.77. The lowest BCUT2D eigenvalue weighted by atomic mass is 10.1. The maximum atomic E-state index is 5.29. The molecule has 0 bridgehead atoms. The minimum absolute atomic E-state index is 0.487. The zero-order chi connectivity index (χ0) is 10.5. The highest BCUT2D eigenvalue weighted by Crippen LogP contribution is 2.14. The van der Waals surface area contributed by atoms with Crippen molar-refractivity contribution in [3.63, 3.8) is 0 Å². The predicted octanol–water partition coefficient (Wildman–Crippen LogP) is 1.06. The van der Waals surface area contributed by atoms with E-state index in [4.69, 9.17) is 4.74 Å². The van der Waals surface area contributed by atoms with Crippen molar-refractivity contribution in [2.24, 2.45) is 0 Å². The number of hydrogen-bond donors (Lipinski definition) is 1. The van der Waals surface area contributed by atoms with Crippen LogP contribution in [0.15, 0.2) is 12.5 Å². The van der Waals surface area contributed by atoms with E-state index in [-0.39, 0.29) is 0 Å². The highest BCUT2D eigenvalue weighted by atomic mass is 16.5. The number of nitrogens with zero attached hydrogens (tertiary/aromatic N) is 2. The Balaban J connectivity index is 1.93. The molecule has 2 heterocycles. The minimum Gasteiger partial charge on any atom is -0.383 e. The molecule has 1 aliphatic rings. The standard InChI is InChI=1S/C11H19N3O/c1-15-8-11(14-4-2-3-5-14)6-10-7-12-9-13-10/h7,9,11H,2-6,8H2,1H3,(H,12,13). The number of nitrogens with one attached hydrogen (secondary N) is 1. The molecule has 2 rings (SSSR count). The van der Waals surface area contributed by atoms with Crippen LogP contribution in [-0.4, -0.2) is 47.7 Å². The lowest BCUT2D eigenvalue weighted by molar-refractivity contribution is 0.105. The largest absolute Gasteiger partial charge is 0.383 e. The summed E-state index contributed by atoms with van der Waals surface area (Å²) in [5.74, 6) is 0. The summed E-state index contributed by atoms with van der Waals surface area (Å²) < 4.78 is 5.29. The Labute approximate surface area is 90.6 Å². The van der Waals surface area contributed by atoms with Crippen LogP contribution < -0.4 is 0 Å². The first-order valence-electron chi connectivity index (χ1n) is 5.61. The van der Waals surface area contributed by atoms with Crippen molar-refractivity contribution in [3.05, 3.63) is 18.2 Å². The SMILES string of the molecule is COCC(Cc1c[nH]cn1)N1CCCC1. The first-order chi connectivity index (χ1) is 7.40. The molecule has 0 spiro atoms. The predicted molar refractivity (Wildman–Crippen MR) is 58.8 cm³/mol. The summed E-state index contributed by atoms with van der Waals surface area (Å²) in [5, 5.41) is 0. The van der Waals surface area contributed by atoms with Crippen molar-refractivity contribution in [2.45, 2.75) is 25.3 Å². The highest BCUT2D eigenvalue weighted by Gasteiger charge is 2.22. The molecule has 1 aromatic rings. The molecule has 0 amide bonds. The van der Waals surface area contributed by atoms with E-state index in [9.17, 15) is 0 Å². The third-order valence-electron chi connectivity index (χ3n) is 3.02. The molecular formula is C11H19N3O. The topological polar surface area (TPSA) is 41.1 Å². The van der Waals surface area contributed by atoms with Crippen LogP contribution in [0.25, 0.3) is 0 Å². The molecule has 0 aliphatic carbocycles. The van der Waals surface area contributed by atoms with Crippen molar-refractivity contribution in [3.8, 4) is 0 Å². The quantitative estimate of drug-likeness (QED) is 0.788. The van der Waals surface area contributed by atoms with Crippen molar-refractivity contribution in [1.82, 2.24) is 14.9 Å². The Morgan fingerprint density at radius 3 is 2.93 bits per heavy atom. The van der Waals surface area contributed by atoms with Crippen LogP contribution in [0, 0.1) is 0 Å². The molecule has 0 radical (unpaired) electrons. The first-order valence-corrected chi connectivity index (χ1v) is 5.61. The minimum atomic E-state index is 0.487. The van der Waals surface area contributed by atoms with Gasteiger partial charge in [0.25, 0.3) is 0 Å². The van der Waals surface area contributed by atoms with Gasteiger partial charge in [-0.2, -0.15) is 0 Å². The number of hydrogen-bond acceptors (Lipinski definition) is 3. The van der Waals surface area contributed by atoms with Crippen LogP contribution in [0.1, 0.15) is 18.5 Å². The van der Waals surface area contributed by atoms with Crippen LogP contribution in [0.2, 0.25) is 0 Å². The van der Waals surface area contributed by atoms with Gasteiger partial charge in [-0.05, 0) is 25.9 Å². The summed E-state index contributed by atoms with van der Waals surface area (Å²) in [6, 6.07) is 0.487. The second-order valence-corrected chi connectivity index (χ2v) is 4.12. The summed E-state index contributed by atoms with van der Waals surface area (Å²) in [6.07, 6.45) is 7.33. The van der Waals surface area contributed by atoms with E-state index in [0.29, 0.717) is 6.04 Å². The average Bonchev–Trinajstić information content (AvgIpc) is 2.89. The van der Waals surface area contributed by atoms with Crippen molar-refractivity contribution >= 4 is 0 Å². The Morgan fingerprint density at radius 1 is 1.53 bits per heavy atom. The van der Waals surface area contributed by atoms with Crippen LogP contribution in [0.3, 0.4) is 0 Å². The molecule has 1 aliphatic heterocycles. The van der Waals surface area contributed by atoms with Crippen LogP contribution in [0.5, 0.6) is 0 Å². The highest BCUT2D eigenvalue weighted by molar-refractivity contribution is 4.98. The van der Waals surface area contributed by atoms with Crippen molar-refractivity contribution in [2.75, 3.05) is 26.8 Å². The van der Waals surface area contributed by atoms with Gasteiger partial charge in [-0.1, -0.05) is 0 Å². The summed E-state index contributed by atoms with van der Waals surface area (Å²) in [6.45, 7) is 3.21. The first kappa shape index (κ1) is 10.6. The van der Waals surface area contributed by atoms with Gasteiger partial charge in [-0.25, -0.2) is 4.98 Å². The van der Waals surface area contributed by atoms with Gasteiger partial charge in [-0.15, -0.1) is 0 Å². The monoisotopic (exact) mass is 209 g/mol. The average molecular weight is 209 g/mol. The molecule has 1 saturated heterocycles. The van der Waals surface area contributed by atoms with Gasteiger partial charge in [0.1, 0.15) is 0 Å². The Bertz CT molecular complexity index is 267. The molecule has 0 saturated carbocycles. The third-order valence-corrected chi connectivity index (χ3v) is 3.02. The Kier molecular flexibility index (Phi) is 3.75. The van der Waals surface area contributed by atoms with Crippen molar-refractivity contribution in [1.29, 1.82) is 0 Å². The molecule has 4 heteroatoms. The fourth-order valence-electron chi connectivity index (χ4n) is 2.24. The smallest absolute Gasteiger partial charge is 0.0923 e. The summed E-state index contributed by atoms with van der Waals surface area (Å²) >= 11 is 0. The third kappa shape index (κ3) is 2.79. The second kappa shape index (κ2) is 5.28. The van der Waals surface area contributed by atoms with Gasteiger partial charge in [0.2, 0.25) is 0 Å². The van der Waals surface area contributed by atoms with Gasteiger partial charge in [0, 0.05) is 25.8 Å². The molecule has 84 valence electrons. The number of imidazole rings is 1. The number of methoxy groups -OCH3 is 1. The maximum Gasteiger partial charge on any atom is 0.0923 e. The number of H-pyrrole nitrogens is 1. The Hall–Kier alpha value is -0.870. The van der Waals surface area contributed by atoms with Crippen LogP contribution >= 0.6 is 0 Å². The van der Waals surface area contributed by atoms with Gasteiger partial charge in [-0.3, -0.25) is 4.90 Å². The fourth-order valence-corrected chi connectivity index (χ4v) is 2.24. The number of aromatic amines is 1. The lowest BCUT2D eigenvalue weighted by Gasteiger charge is -2.26. The summed E-state index contributed by atoms with van der Waals surface area (Å²) in [4.78, 5) is 9.78. The van der Waals surface area contributed by atoms with E-state index in [1.807, 2.05) is 6.20 Å². The van der Waals surface area contributed by atoms with E-state index in [2.05, 4.69) is 14.9 Å². The van der Waals surface area contributed by atoms with Crippen LogP contribution in [0.4, 0.5) is 0 Å². The number of ether oxygens (including phenoxy) is 1. The van der Waals surface area contributed by atoms with Gasteiger partial charge >= 0.3 is 0 Å². The molecule has 0 aromatic carbocycles. The molecule has 1 aromatic heterocycles. The van der Waals surface area contributed by atoms with Crippen molar-refractivity contribution < 1.29 is 4.74 Å². The lowest BCUT2D eigenvalue weighted by Crippen LogP contribution is -2.38. The molecule has 1 unspecified atom stereocenters. The molecule has 15 heavy (non-hydrogen) atoms. The zero-order valence-corrected chi connectivity index (χ0v) is 9.28. The zero-order valence-electron chi connectivity index (χ0n) is 9.28. The second-order valence-electron chi connectivity index (χ2n) is 4.12. The normalized spacial score (nSPS) is 19.5. The maximum absolute atomic E-state index is 5.29. The van der Waals surface area contributed by atoms with Gasteiger partial charge in [0.15, 0.2) is 0 Å². The Morgan fingerprint density at radius 2 is 2.33 bits per heavy atom. The molecule has 1 fully saturated rings. The number of rotatable bonds is 5. The molecule has 1 atom stereocenters. The van der Waals surface area contributed by atoms with E-state index in [0.717, 1.165) is 18.7 Å². The summed E-state index contributed by atoms with van der Waals surface area (Å²) in [5.41, 5.74) is 1.13.